The van der Waals surface area contributed by atoms with Crippen LogP contribution in [0.1, 0.15) is 20.3 Å². The van der Waals surface area contributed by atoms with Crippen LogP contribution >= 0.6 is 19.0 Å². The minimum Gasteiger partial charge on any atom is -0.506 e. The third-order valence-corrected chi connectivity index (χ3v) is 4.58. The van der Waals surface area contributed by atoms with E-state index in [1.165, 1.54) is 5.82 Å². The van der Waals surface area contributed by atoms with Gasteiger partial charge in [0.1, 0.15) is 5.76 Å². The molecule has 1 heterocycles. The molecule has 0 saturated carbocycles. The van der Waals surface area contributed by atoms with Gasteiger partial charge >= 0.3 is 0 Å². The van der Waals surface area contributed by atoms with E-state index in [1.807, 2.05) is 6.92 Å². The Hall–Kier alpha value is -0.240. The van der Waals surface area contributed by atoms with E-state index in [4.69, 9.17) is 16.1 Å². The van der Waals surface area contributed by atoms with E-state index in [2.05, 4.69) is 0 Å². The van der Waals surface area contributed by atoms with Gasteiger partial charge in [-0.2, -0.15) is 0 Å². The second-order valence-electron chi connectivity index (χ2n) is 3.33. The van der Waals surface area contributed by atoms with Gasteiger partial charge in [-0.15, -0.1) is 0 Å². The largest absolute Gasteiger partial charge is 0.506 e. The summed E-state index contributed by atoms with van der Waals surface area (Å²) in [6.45, 7) is 4.12. The summed E-state index contributed by atoms with van der Waals surface area (Å²) >= 11 is 5.76. The normalized spacial score (nSPS) is 27.8. The minimum atomic E-state index is -2.83. The Balaban J connectivity index is 2.84. The first kappa shape index (κ1) is 11.8. The third-order valence-electron chi connectivity index (χ3n) is 1.89. The molecule has 5 heteroatoms. The molecule has 1 atom stereocenters. The summed E-state index contributed by atoms with van der Waals surface area (Å²) in [5, 5.41) is 9.69. The number of aliphatic hydroxyl groups is 1. The zero-order valence-electron chi connectivity index (χ0n) is 8.29. The molecule has 0 bridgehead atoms. The van der Waals surface area contributed by atoms with E-state index in [-0.39, 0.29) is 10.8 Å². The summed E-state index contributed by atoms with van der Waals surface area (Å²) in [6.07, 6.45) is 1.10. The van der Waals surface area contributed by atoms with Gasteiger partial charge in [0, 0.05) is 5.82 Å². The van der Waals surface area contributed by atoms with Crippen molar-refractivity contribution in [2.24, 2.45) is 0 Å². The standard InChI is InChI=1S/C9H14ClO3P/c1-3-4-13-14(12)5-7(2)9(10)8(11)6-14/h6,11H,3-5H2,1-2H3. The van der Waals surface area contributed by atoms with Gasteiger partial charge in [-0.25, -0.2) is 0 Å². The van der Waals surface area contributed by atoms with Crippen LogP contribution in [0.25, 0.3) is 0 Å². The van der Waals surface area contributed by atoms with Crippen LogP contribution < -0.4 is 0 Å². The van der Waals surface area contributed by atoms with E-state index < -0.39 is 7.37 Å². The lowest BCUT2D eigenvalue weighted by atomic mass is 10.3. The van der Waals surface area contributed by atoms with Crippen LogP contribution in [-0.4, -0.2) is 17.9 Å². The molecular weight excluding hydrogens is 223 g/mol. The zero-order valence-corrected chi connectivity index (χ0v) is 9.94. The van der Waals surface area contributed by atoms with Crippen molar-refractivity contribution in [3.63, 3.8) is 0 Å². The van der Waals surface area contributed by atoms with Crippen molar-refractivity contribution >= 4 is 19.0 Å². The van der Waals surface area contributed by atoms with E-state index in [9.17, 15) is 9.67 Å². The monoisotopic (exact) mass is 236 g/mol. The van der Waals surface area contributed by atoms with Gasteiger partial charge in [-0.1, -0.05) is 18.5 Å². The lowest BCUT2D eigenvalue weighted by Crippen LogP contribution is -2.03. The fourth-order valence-corrected chi connectivity index (χ4v) is 3.60. The Morgan fingerprint density at radius 2 is 2.36 bits per heavy atom. The number of rotatable bonds is 3. The van der Waals surface area contributed by atoms with Gasteiger partial charge < -0.3 is 9.63 Å². The van der Waals surface area contributed by atoms with Crippen molar-refractivity contribution < 1.29 is 14.2 Å². The van der Waals surface area contributed by atoms with Crippen molar-refractivity contribution in [3.8, 4) is 0 Å². The third kappa shape index (κ3) is 2.63. The molecule has 1 aliphatic rings. The SMILES string of the molecule is CCCOP1(=O)C=C(O)C(Cl)=C(C)C1. The fourth-order valence-electron chi connectivity index (χ4n) is 1.24. The highest BCUT2D eigenvalue weighted by Crippen LogP contribution is 2.54. The number of allylic oxidation sites excluding steroid dienone is 2. The fraction of sp³-hybridized carbons (Fsp3) is 0.556. The second-order valence-corrected chi connectivity index (χ2v) is 5.99. The molecule has 1 aliphatic heterocycles. The summed E-state index contributed by atoms with van der Waals surface area (Å²) in [7, 11) is -2.83. The Labute approximate surface area is 88.9 Å². The van der Waals surface area contributed by atoms with Gasteiger partial charge in [0.05, 0.1) is 17.8 Å². The maximum Gasteiger partial charge on any atom is 0.232 e. The van der Waals surface area contributed by atoms with Crippen LogP contribution in [0.3, 0.4) is 0 Å². The lowest BCUT2D eigenvalue weighted by molar-refractivity contribution is 0.318. The van der Waals surface area contributed by atoms with Crippen LogP contribution in [0.5, 0.6) is 0 Å². The van der Waals surface area contributed by atoms with E-state index in [0.29, 0.717) is 18.3 Å². The summed E-state index contributed by atoms with van der Waals surface area (Å²) < 4.78 is 17.2. The van der Waals surface area contributed by atoms with Crippen molar-refractivity contribution in [2.45, 2.75) is 20.3 Å². The molecule has 80 valence electrons. The van der Waals surface area contributed by atoms with Gasteiger partial charge in [-0.05, 0) is 18.9 Å². The quantitative estimate of drug-likeness (QED) is 0.762. The average molecular weight is 237 g/mol. The molecular formula is C9H14ClO3P. The van der Waals surface area contributed by atoms with Gasteiger partial charge in [0.25, 0.3) is 0 Å². The topological polar surface area (TPSA) is 46.5 Å². The zero-order chi connectivity index (χ0) is 10.8. The molecule has 0 fully saturated rings. The molecule has 14 heavy (non-hydrogen) atoms. The first-order chi connectivity index (χ1) is 6.48. The predicted octanol–water partition coefficient (Wildman–Crippen LogP) is 3.62. The summed E-state index contributed by atoms with van der Waals surface area (Å²) in [6, 6.07) is 0. The number of halogens is 1. The molecule has 0 amide bonds. The highest BCUT2D eigenvalue weighted by molar-refractivity contribution is 7.62. The molecule has 0 aromatic heterocycles. The molecule has 0 aromatic carbocycles. The molecule has 1 unspecified atom stereocenters. The highest BCUT2D eigenvalue weighted by atomic mass is 35.5. The summed E-state index contributed by atoms with van der Waals surface area (Å²) in [5.74, 6) is 1.12. The molecule has 1 N–H and O–H groups in total. The Morgan fingerprint density at radius 1 is 1.71 bits per heavy atom. The maximum absolute atomic E-state index is 12.0. The van der Waals surface area contributed by atoms with E-state index >= 15 is 0 Å². The smallest absolute Gasteiger partial charge is 0.232 e. The molecule has 0 aliphatic carbocycles. The van der Waals surface area contributed by atoms with Crippen molar-refractivity contribution in [1.82, 2.24) is 0 Å². The van der Waals surface area contributed by atoms with Crippen LogP contribution in [0, 0.1) is 0 Å². The molecule has 0 spiro atoms. The minimum absolute atomic E-state index is 0.130. The Bertz CT molecular complexity index is 333. The van der Waals surface area contributed by atoms with Gasteiger partial charge in [-0.3, -0.25) is 4.57 Å². The maximum atomic E-state index is 12.0. The average Bonchev–Trinajstić information content (AvgIpc) is 2.11. The molecule has 3 nitrogen and oxygen atoms in total. The first-order valence-corrected chi connectivity index (χ1v) is 6.75. The number of aliphatic hydroxyl groups excluding tert-OH is 1. The van der Waals surface area contributed by atoms with E-state index in [1.54, 1.807) is 6.92 Å². The Kier molecular flexibility index (Phi) is 3.82. The molecule has 0 radical (unpaired) electrons. The van der Waals surface area contributed by atoms with Gasteiger partial charge in [0.15, 0.2) is 0 Å². The second kappa shape index (κ2) is 4.52. The predicted molar refractivity (Wildman–Crippen MR) is 58.0 cm³/mol. The summed E-state index contributed by atoms with van der Waals surface area (Å²) in [5.41, 5.74) is 0.714. The lowest BCUT2D eigenvalue weighted by Gasteiger charge is -2.20. The summed E-state index contributed by atoms with van der Waals surface area (Å²) in [4.78, 5) is 0. The van der Waals surface area contributed by atoms with Crippen molar-refractivity contribution in [1.29, 1.82) is 0 Å². The number of hydrogen-bond acceptors (Lipinski definition) is 3. The van der Waals surface area contributed by atoms with Crippen molar-refractivity contribution in [2.75, 3.05) is 12.8 Å². The van der Waals surface area contributed by atoms with E-state index in [0.717, 1.165) is 6.42 Å². The van der Waals surface area contributed by atoms with Crippen LogP contribution in [0.15, 0.2) is 22.2 Å². The highest BCUT2D eigenvalue weighted by Gasteiger charge is 2.28. The van der Waals surface area contributed by atoms with Crippen LogP contribution in [0.4, 0.5) is 0 Å². The first-order valence-electron chi connectivity index (χ1n) is 4.49. The van der Waals surface area contributed by atoms with Crippen LogP contribution in [0.2, 0.25) is 0 Å². The Morgan fingerprint density at radius 3 is 2.86 bits per heavy atom. The number of hydrogen-bond donors (Lipinski definition) is 1. The molecule has 1 rings (SSSR count). The van der Waals surface area contributed by atoms with Crippen molar-refractivity contribution in [3.05, 3.63) is 22.2 Å². The van der Waals surface area contributed by atoms with Gasteiger partial charge in [0.2, 0.25) is 7.37 Å². The van der Waals surface area contributed by atoms with Crippen LogP contribution in [-0.2, 0) is 9.09 Å². The molecule has 0 aromatic rings. The molecule has 0 saturated heterocycles.